The van der Waals surface area contributed by atoms with Crippen LogP contribution in [0.4, 0.5) is 17.1 Å². The Morgan fingerprint density at radius 2 is 1.03 bits per heavy atom. The molecule has 308 valence electrons. The van der Waals surface area contributed by atoms with E-state index in [0.29, 0.717) is 0 Å². The second kappa shape index (κ2) is 15.3. The Morgan fingerprint density at radius 3 is 1.71 bits per heavy atom. The summed E-state index contributed by atoms with van der Waals surface area (Å²) >= 11 is 7.51. The van der Waals surface area contributed by atoms with Gasteiger partial charge in [-0.1, -0.05) is 203 Å². The number of rotatable bonds is 8. The molecule has 0 aliphatic heterocycles. The lowest BCUT2D eigenvalue weighted by atomic mass is 9.79. The summed E-state index contributed by atoms with van der Waals surface area (Å²) in [4.78, 5) is 5.18. The van der Waals surface area contributed by atoms with Crippen LogP contribution in [0.2, 0.25) is 0 Å². The summed E-state index contributed by atoms with van der Waals surface area (Å²) in [5, 5.41) is 0.743. The van der Waals surface area contributed by atoms with Gasteiger partial charge in [0.05, 0.1) is 17.8 Å². The van der Waals surface area contributed by atoms with Crippen LogP contribution in [0.5, 0.6) is 0 Å². The van der Waals surface area contributed by atoms with Crippen molar-refractivity contribution >= 4 is 34.2 Å². The minimum atomic E-state index is -0.153. The van der Waals surface area contributed by atoms with Crippen molar-refractivity contribution < 1.29 is 0 Å². The number of anilines is 3. The molecule has 0 amide bonds. The fourth-order valence-corrected chi connectivity index (χ4v) is 11.4. The van der Waals surface area contributed by atoms with Gasteiger partial charge in [0.1, 0.15) is 0 Å². The molecule has 7 aromatic carbocycles. The molecule has 3 heteroatoms. The van der Waals surface area contributed by atoms with Gasteiger partial charge in [-0.25, -0.2) is 0 Å². The highest BCUT2D eigenvalue weighted by Crippen LogP contribution is 2.54. The van der Waals surface area contributed by atoms with Crippen molar-refractivity contribution in [2.75, 3.05) is 9.80 Å². The molecule has 0 spiro atoms. The molecule has 4 aliphatic rings. The predicted octanol–water partition coefficient (Wildman–Crippen LogP) is 15.8. The second-order valence-electron chi connectivity index (χ2n) is 18.5. The number of allylic oxidation sites excluding steroid dienone is 4. The normalized spacial score (nSPS) is 18.7. The van der Waals surface area contributed by atoms with E-state index in [4.69, 9.17) is 11.6 Å². The van der Waals surface area contributed by atoms with Crippen LogP contribution in [0.25, 0.3) is 39.0 Å². The lowest BCUT2D eigenvalue weighted by Crippen LogP contribution is -2.45. The van der Waals surface area contributed by atoms with Gasteiger partial charge in [0.25, 0.3) is 0 Å². The molecule has 0 heterocycles. The summed E-state index contributed by atoms with van der Waals surface area (Å²) < 4.78 is 0. The molecular formula is C60H51ClN2. The molecule has 4 aliphatic carbocycles. The number of fused-ring (bicyclic) bond motifs is 6. The van der Waals surface area contributed by atoms with Gasteiger partial charge < -0.3 is 9.80 Å². The van der Waals surface area contributed by atoms with Gasteiger partial charge in [0.2, 0.25) is 0 Å². The SMILES string of the molecule is CC1(C)C2=CC(N(c3ccccc3-c3ccccc3)C3C=C(Cl)C=C(N(c4ccc5c(c4)C(C)(C)c4ccccc4-5)c4ccccc4-c4ccccc4)C3)CC=C2c2ccccc21. The highest BCUT2D eigenvalue weighted by molar-refractivity contribution is 6.31. The monoisotopic (exact) mass is 834 g/mol. The topological polar surface area (TPSA) is 6.48 Å². The maximum absolute atomic E-state index is 7.51. The van der Waals surface area contributed by atoms with Gasteiger partial charge in [-0.3, -0.25) is 0 Å². The van der Waals surface area contributed by atoms with Crippen LogP contribution >= 0.6 is 11.6 Å². The Hall–Kier alpha value is -6.61. The number of nitrogens with zero attached hydrogens (tertiary/aromatic N) is 2. The Morgan fingerprint density at radius 1 is 0.492 bits per heavy atom. The first kappa shape index (κ1) is 39.3. The van der Waals surface area contributed by atoms with Crippen molar-refractivity contribution in [3.05, 3.63) is 239 Å². The van der Waals surface area contributed by atoms with E-state index in [2.05, 4.69) is 238 Å². The lowest BCUT2D eigenvalue weighted by molar-refractivity contribution is 0.587. The van der Waals surface area contributed by atoms with E-state index in [1.807, 2.05) is 0 Å². The number of halogens is 1. The fourth-order valence-electron chi connectivity index (χ4n) is 11.1. The maximum atomic E-state index is 7.51. The van der Waals surface area contributed by atoms with Crippen LogP contribution in [-0.4, -0.2) is 12.1 Å². The molecule has 2 atom stereocenters. The zero-order chi connectivity index (χ0) is 42.9. The molecule has 0 saturated heterocycles. The largest absolute Gasteiger partial charge is 0.357 e. The summed E-state index contributed by atoms with van der Waals surface area (Å²) in [6.07, 6.45) is 11.2. The average molecular weight is 836 g/mol. The molecule has 0 radical (unpaired) electrons. The highest BCUT2D eigenvalue weighted by Gasteiger charge is 2.42. The number of para-hydroxylation sites is 2. The number of hydrogen-bond donors (Lipinski definition) is 0. The third-order valence-corrected chi connectivity index (χ3v) is 14.4. The van der Waals surface area contributed by atoms with Gasteiger partial charge in [-0.05, 0) is 98.5 Å². The van der Waals surface area contributed by atoms with Crippen molar-refractivity contribution in [2.24, 2.45) is 0 Å². The average Bonchev–Trinajstić information content (AvgIpc) is 3.69. The van der Waals surface area contributed by atoms with Crippen molar-refractivity contribution in [2.45, 2.75) is 63.5 Å². The van der Waals surface area contributed by atoms with Crippen LogP contribution in [-0.2, 0) is 10.8 Å². The molecule has 2 nitrogen and oxygen atoms in total. The lowest BCUT2D eigenvalue weighted by Gasteiger charge is -2.43. The zero-order valence-corrected chi connectivity index (χ0v) is 37.1. The van der Waals surface area contributed by atoms with Crippen LogP contribution in [0.1, 0.15) is 62.8 Å². The van der Waals surface area contributed by atoms with E-state index in [0.717, 1.165) is 34.9 Å². The van der Waals surface area contributed by atoms with Gasteiger partial charge in [0.15, 0.2) is 0 Å². The first-order chi connectivity index (χ1) is 30.7. The molecule has 0 bridgehead atoms. The summed E-state index contributed by atoms with van der Waals surface area (Å²) in [5.74, 6) is 0. The summed E-state index contributed by atoms with van der Waals surface area (Å²) in [7, 11) is 0. The molecular weight excluding hydrogens is 784 g/mol. The van der Waals surface area contributed by atoms with E-state index < -0.39 is 0 Å². The molecule has 2 unspecified atom stereocenters. The molecule has 7 aromatic rings. The van der Waals surface area contributed by atoms with Crippen molar-refractivity contribution in [3.63, 3.8) is 0 Å². The number of benzene rings is 7. The van der Waals surface area contributed by atoms with Crippen LogP contribution in [0.15, 0.2) is 217 Å². The first-order valence-corrected chi connectivity index (χ1v) is 22.8. The van der Waals surface area contributed by atoms with E-state index >= 15 is 0 Å². The second-order valence-corrected chi connectivity index (χ2v) is 19.0. The first-order valence-electron chi connectivity index (χ1n) is 22.4. The standard InChI is InChI=1S/C60H51ClN2/c1-59(2)53-27-15-11-25-49(53)51-33-31-43(38-55(51)59)62(57-29-17-13-23-47(57)40-19-7-5-8-20-40)45-35-42(61)36-46(37-45)63(58-30-18-14-24-48(58)41-21-9-6-10-22-41)44-32-34-52-50-26-12-16-28-54(50)60(3,4)56(52)39-44/h5-31,33-36,38-39,44,46H,32,37H2,1-4H3. The van der Waals surface area contributed by atoms with E-state index in [1.54, 1.807) is 0 Å². The smallest absolute Gasteiger partial charge is 0.0551 e. The minimum Gasteiger partial charge on any atom is -0.357 e. The Kier molecular flexibility index (Phi) is 9.55. The molecule has 0 saturated carbocycles. The van der Waals surface area contributed by atoms with E-state index in [1.165, 1.54) is 72.5 Å². The third kappa shape index (κ3) is 6.54. The zero-order valence-electron chi connectivity index (χ0n) is 36.4. The summed E-state index contributed by atoms with van der Waals surface area (Å²) in [6, 6.07) is 64.4. The van der Waals surface area contributed by atoms with Crippen LogP contribution in [0, 0.1) is 0 Å². The maximum Gasteiger partial charge on any atom is 0.0551 e. The van der Waals surface area contributed by atoms with Gasteiger partial charge >= 0.3 is 0 Å². The van der Waals surface area contributed by atoms with Gasteiger partial charge in [-0.15, -0.1) is 0 Å². The summed E-state index contributed by atoms with van der Waals surface area (Å²) in [6.45, 7) is 9.51. The quantitative estimate of drug-likeness (QED) is 0.150. The predicted molar refractivity (Wildman–Crippen MR) is 267 cm³/mol. The Labute approximate surface area is 377 Å². The van der Waals surface area contributed by atoms with Crippen LogP contribution < -0.4 is 9.80 Å². The number of hydrogen-bond acceptors (Lipinski definition) is 2. The van der Waals surface area contributed by atoms with E-state index in [9.17, 15) is 0 Å². The molecule has 11 rings (SSSR count). The van der Waals surface area contributed by atoms with Crippen LogP contribution in [0.3, 0.4) is 0 Å². The fraction of sp³-hybridized carbons (Fsp3) is 0.167. The van der Waals surface area contributed by atoms with Gasteiger partial charge in [-0.2, -0.15) is 0 Å². The van der Waals surface area contributed by atoms with Crippen molar-refractivity contribution in [1.29, 1.82) is 0 Å². The molecule has 63 heavy (non-hydrogen) atoms. The van der Waals surface area contributed by atoms with Crippen molar-refractivity contribution in [1.82, 2.24) is 0 Å². The molecule has 0 N–H and O–H groups in total. The Balaban J connectivity index is 1.08. The Bertz CT molecular complexity index is 3040. The van der Waals surface area contributed by atoms with Crippen molar-refractivity contribution in [3.8, 4) is 33.4 Å². The third-order valence-electron chi connectivity index (χ3n) is 14.2. The van der Waals surface area contributed by atoms with Gasteiger partial charge in [0, 0.05) is 50.5 Å². The summed E-state index contributed by atoms with van der Waals surface area (Å²) in [5.41, 5.74) is 20.0. The van der Waals surface area contributed by atoms with E-state index in [-0.39, 0.29) is 22.9 Å². The molecule has 0 fully saturated rings. The minimum absolute atomic E-state index is 0.0624. The highest BCUT2D eigenvalue weighted by atomic mass is 35.5. The molecule has 0 aromatic heterocycles.